The molecule has 1 aromatic heterocycles. The summed E-state index contributed by atoms with van der Waals surface area (Å²) in [5.41, 5.74) is 2.60. The molecule has 2 heteroatoms. The Morgan fingerprint density at radius 3 is 2.79 bits per heavy atom. The summed E-state index contributed by atoms with van der Waals surface area (Å²) < 4.78 is 5.43. The molecule has 104 valence electrons. The Kier molecular flexibility index (Phi) is 4.65. The van der Waals surface area contributed by atoms with Crippen molar-refractivity contribution in [3.63, 3.8) is 0 Å². The Hall–Kier alpha value is -1.28. The number of hydrogen-bond donors (Lipinski definition) is 1. The molecule has 19 heavy (non-hydrogen) atoms. The van der Waals surface area contributed by atoms with Gasteiger partial charge in [0, 0.05) is 17.3 Å². The second-order valence-electron chi connectivity index (χ2n) is 5.62. The number of nitrogens with one attached hydrogen (secondary N) is 1. The molecule has 0 saturated carbocycles. The van der Waals surface area contributed by atoms with E-state index in [2.05, 4.69) is 44.3 Å². The van der Waals surface area contributed by atoms with Gasteiger partial charge in [0.15, 0.2) is 0 Å². The lowest BCUT2D eigenvalue weighted by Crippen LogP contribution is -2.35. The molecule has 1 atom stereocenters. The van der Waals surface area contributed by atoms with Crippen LogP contribution in [0.2, 0.25) is 0 Å². The molecule has 0 amide bonds. The van der Waals surface area contributed by atoms with E-state index in [1.165, 1.54) is 30.2 Å². The summed E-state index contributed by atoms with van der Waals surface area (Å²) in [6, 6.07) is 8.65. The Morgan fingerprint density at radius 2 is 2.05 bits per heavy atom. The standard InChI is InChI=1S/C17H25NO/c1-4-6-10-17(3,13-18-5-2)15-7-8-16-14(12-15)9-11-19-16/h7-9,11-12,18H,4-6,10,13H2,1-3H3. The minimum atomic E-state index is 0.206. The summed E-state index contributed by atoms with van der Waals surface area (Å²) in [5, 5.41) is 4.72. The molecule has 2 aromatic rings. The quantitative estimate of drug-likeness (QED) is 0.792. The summed E-state index contributed by atoms with van der Waals surface area (Å²) in [4.78, 5) is 0. The van der Waals surface area contributed by atoms with Crippen molar-refractivity contribution in [2.45, 2.75) is 45.4 Å². The van der Waals surface area contributed by atoms with Crippen molar-refractivity contribution in [1.82, 2.24) is 5.32 Å². The highest BCUT2D eigenvalue weighted by Gasteiger charge is 2.25. The van der Waals surface area contributed by atoms with Gasteiger partial charge in [-0.1, -0.05) is 39.7 Å². The zero-order valence-electron chi connectivity index (χ0n) is 12.3. The van der Waals surface area contributed by atoms with E-state index in [-0.39, 0.29) is 5.41 Å². The molecular weight excluding hydrogens is 234 g/mol. The SMILES string of the molecule is CCCCC(C)(CNCC)c1ccc2occc2c1. The van der Waals surface area contributed by atoms with Crippen LogP contribution in [0.4, 0.5) is 0 Å². The van der Waals surface area contributed by atoms with Crippen LogP contribution in [0.1, 0.15) is 45.6 Å². The van der Waals surface area contributed by atoms with Crippen molar-refractivity contribution in [2.24, 2.45) is 0 Å². The van der Waals surface area contributed by atoms with E-state index in [1.807, 2.05) is 6.07 Å². The molecule has 2 nitrogen and oxygen atoms in total. The van der Waals surface area contributed by atoms with Crippen LogP contribution in [0.5, 0.6) is 0 Å². The number of unbranched alkanes of at least 4 members (excludes halogenated alkanes) is 1. The van der Waals surface area contributed by atoms with E-state index < -0.39 is 0 Å². The number of likely N-dealkylation sites (N-methyl/N-ethyl adjacent to an activating group) is 1. The van der Waals surface area contributed by atoms with E-state index in [9.17, 15) is 0 Å². The number of rotatable bonds is 7. The van der Waals surface area contributed by atoms with Crippen LogP contribution in [0.15, 0.2) is 34.9 Å². The minimum absolute atomic E-state index is 0.206. The number of furan rings is 1. The molecule has 0 aliphatic rings. The summed E-state index contributed by atoms with van der Waals surface area (Å²) in [6.07, 6.45) is 5.50. The van der Waals surface area contributed by atoms with Gasteiger partial charge in [-0.25, -0.2) is 0 Å². The second kappa shape index (κ2) is 6.25. The first kappa shape index (κ1) is 14.1. The predicted octanol–water partition coefficient (Wildman–Crippen LogP) is 4.49. The first-order valence-corrected chi connectivity index (χ1v) is 7.38. The van der Waals surface area contributed by atoms with Gasteiger partial charge in [-0.05, 0) is 36.7 Å². The summed E-state index contributed by atoms with van der Waals surface area (Å²) >= 11 is 0. The van der Waals surface area contributed by atoms with Gasteiger partial charge in [0.05, 0.1) is 6.26 Å². The van der Waals surface area contributed by atoms with Crippen LogP contribution in [0.3, 0.4) is 0 Å². The van der Waals surface area contributed by atoms with Crippen molar-refractivity contribution in [3.05, 3.63) is 36.1 Å². The fourth-order valence-corrected chi connectivity index (χ4v) is 2.64. The number of fused-ring (bicyclic) bond motifs is 1. The van der Waals surface area contributed by atoms with Gasteiger partial charge in [-0.3, -0.25) is 0 Å². The van der Waals surface area contributed by atoms with Gasteiger partial charge in [0.2, 0.25) is 0 Å². The third-order valence-electron chi connectivity index (χ3n) is 4.00. The molecular formula is C17H25NO. The van der Waals surface area contributed by atoms with Crippen LogP contribution in [0, 0.1) is 0 Å². The predicted molar refractivity (Wildman–Crippen MR) is 81.6 cm³/mol. The van der Waals surface area contributed by atoms with Gasteiger partial charge < -0.3 is 9.73 Å². The van der Waals surface area contributed by atoms with E-state index in [0.717, 1.165) is 18.7 Å². The van der Waals surface area contributed by atoms with Crippen LogP contribution < -0.4 is 5.32 Å². The lowest BCUT2D eigenvalue weighted by Gasteiger charge is -2.30. The Bertz CT molecular complexity index is 507. The molecule has 0 bridgehead atoms. The highest BCUT2D eigenvalue weighted by Crippen LogP contribution is 2.31. The summed E-state index contributed by atoms with van der Waals surface area (Å²) in [6.45, 7) is 8.85. The average Bonchev–Trinajstić information content (AvgIpc) is 2.90. The average molecular weight is 259 g/mol. The molecule has 1 N–H and O–H groups in total. The van der Waals surface area contributed by atoms with Crippen molar-refractivity contribution in [2.75, 3.05) is 13.1 Å². The van der Waals surface area contributed by atoms with Gasteiger partial charge in [0.25, 0.3) is 0 Å². The maximum Gasteiger partial charge on any atom is 0.133 e. The maximum atomic E-state index is 5.43. The molecule has 0 aliphatic heterocycles. The maximum absolute atomic E-state index is 5.43. The largest absolute Gasteiger partial charge is 0.464 e. The fraction of sp³-hybridized carbons (Fsp3) is 0.529. The van der Waals surface area contributed by atoms with E-state index in [0.29, 0.717) is 0 Å². The molecule has 0 saturated heterocycles. The van der Waals surface area contributed by atoms with E-state index >= 15 is 0 Å². The fourth-order valence-electron chi connectivity index (χ4n) is 2.64. The van der Waals surface area contributed by atoms with Crippen molar-refractivity contribution in [1.29, 1.82) is 0 Å². The zero-order valence-corrected chi connectivity index (χ0v) is 12.3. The van der Waals surface area contributed by atoms with Gasteiger partial charge in [0.1, 0.15) is 5.58 Å². The second-order valence-corrected chi connectivity index (χ2v) is 5.62. The van der Waals surface area contributed by atoms with Gasteiger partial charge >= 0.3 is 0 Å². The Balaban J connectivity index is 2.29. The normalized spacial score (nSPS) is 14.7. The topological polar surface area (TPSA) is 25.2 Å². The first-order chi connectivity index (χ1) is 9.19. The molecule has 2 rings (SSSR count). The minimum Gasteiger partial charge on any atom is -0.464 e. The zero-order chi connectivity index (χ0) is 13.7. The number of benzene rings is 1. The molecule has 1 unspecified atom stereocenters. The highest BCUT2D eigenvalue weighted by molar-refractivity contribution is 5.78. The monoisotopic (exact) mass is 259 g/mol. The van der Waals surface area contributed by atoms with E-state index in [1.54, 1.807) is 6.26 Å². The smallest absolute Gasteiger partial charge is 0.133 e. The number of hydrogen-bond acceptors (Lipinski definition) is 2. The third-order valence-corrected chi connectivity index (χ3v) is 4.00. The van der Waals surface area contributed by atoms with Gasteiger partial charge in [-0.2, -0.15) is 0 Å². The van der Waals surface area contributed by atoms with Crippen LogP contribution >= 0.6 is 0 Å². The summed E-state index contributed by atoms with van der Waals surface area (Å²) in [7, 11) is 0. The molecule has 1 heterocycles. The van der Waals surface area contributed by atoms with Crippen molar-refractivity contribution >= 4 is 11.0 Å². The van der Waals surface area contributed by atoms with Crippen LogP contribution in [-0.2, 0) is 5.41 Å². The molecule has 0 spiro atoms. The lowest BCUT2D eigenvalue weighted by atomic mass is 9.77. The van der Waals surface area contributed by atoms with Crippen LogP contribution in [-0.4, -0.2) is 13.1 Å². The lowest BCUT2D eigenvalue weighted by molar-refractivity contribution is 0.392. The van der Waals surface area contributed by atoms with Gasteiger partial charge in [-0.15, -0.1) is 0 Å². The molecule has 1 aromatic carbocycles. The van der Waals surface area contributed by atoms with Crippen LogP contribution in [0.25, 0.3) is 11.0 Å². The molecule has 0 aliphatic carbocycles. The molecule has 0 radical (unpaired) electrons. The Labute approximate surface area is 116 Å². The third kappa shape index (κ3) is 3.19. The van der Waals surface area contributed by atoms with Crippen molar-refractivity contribution in [3.8, 4) is 0 Å². The first-order valence-electron chi connectivity index (χ1n) is 7.38. The van der Waals surface area contributed by atoms with Crippen molar-refractivity contribution < 1.29 is 4.42 Å². The Morgan fingerprint density at radius 1 is 1.21 bits per heavy atom. The molecule has 0 fully saturated rings. The highest BCUT2D eigenvalue weighted by atomic mass is 16.3. The van der Waals surface area contributed by atoms with E-state index in [4.69, 9.17) is 4.42 Å². The summed E-state index contributed by atoms with van der Waals surface area (Å²) in [5.74, 6) is 0.